The van der Waals surface area contributed by atoms with Gasteiger partial charge in [-0.3, -0.25) is 0 Å². The lowest BCUT2D eigenvalue weighted by Gasteiger charge is -2.54. The maximum atomic E-state index is 12.6. The molecule has 1 heterocycles. The van der Waals surface area contributed by atoms with E-state index in [-0.39, 0.29) is 11.4 Å². The minimum absolute atomic E-state index is 0.0718. The van der Waals surface area contributed by atoms with Crippen molar-refractivity contribution in [2.45, 2.75) is 45.4 Å². The van der Waals surface area contributed by atoms with Gasteiger partial charge in [-0.1, -0.05) is 11.2 Å². The zero-order chi connectivity index (χ0) is 14.4. The van der Waals surface area contributed by atoms with Crippen molar-refractivity contribution in [1.82, 2.24) is 0 Å². The van der Waals surface area contributed by atoms with Crippen LogP contribution in [0.2, 0.25) is 0 Å². The number of oxime groups is 1. The predicted octanol–water partition coefficient (Wildman–Crippen LogP) is 4.23. The van der Waals surface area contributed by atoms with Gasteiger partial charge < -0.3 is 4.84 Å². The Bertz CT molecular complexity index is 540. The van der Waals surface area contributed by atoms with E-state index in [0.717, 1.165) is 47.6 Å². The number of hydrogen-bond donors (Lipinski definition) is 0. The van der Waals surface area contributed by atoms with E-state index in [9.17, 15) is 4.79 Å². The van der Waals surface area contributed by atoms with Crippen molar-refractivity contribution in [2.75, 3.05) is 0 Å². The van der Waals surface area contributed by atoms with Gasteiger partial charge in [0, 0.05) is 0 Å². The maximum absolute atomic E-state index is 12.6. The SMILES string of the molecule is C/C(=N\OC(=O)C12CC3CC(CC(C3)C1)C2)c1cccs1. The summed E-state index contributed by atoms with van der Waals surface area (Å²) in [6, 6.07) is 3.99. The molecular weight excluding hydrogens is 282 g/mol. The van der Waals surface area contributed by atoms with Crippen LogP contribution in [-0.4, -0.2) is 11.7 Å². The summed E-state index contributed by atoms with van der Waals surface area (Å²) in [5.41, 5.74) is 0.580. The maximum Gasteiger partial charge on any atom is 0.341 e. The fraction of sp³-hybridized carbons (Fsp3) is 0.647. The molecule has 21 heavy (non-hydrogen) atoms. The number of carbonyl (C=O) groups excluding carboxylic acids is 1. The standard InChI is InChI=1S/C17H21NO2S/c1-11(15-3-2-4-21-15)18-20-16(19)17-8-12-5-13(9-17)7-14(6-12)10-17/h2-4,12-14H,5-10H2,1H3/b18-11+. The summed E-state index contributed by atoms with van der Waals surface area (Å²) in [6.07, 6.45) is 7.11. The Morgan fingerprint density at radius 3 is 2.38 bits per heavy atom. The minimum atomic E-state index is -0.214. The van der Waals surface area contributed by atoms with Gasteiger partial charge in [-0.05, 0) is 74.6 Å². The summed E-state index contributed by atoms with van der Waals surface area (Å²) in [5, 5.41) is 6.11. The lowest BCUT2D eigenvalue weighted by Crippen LogP contribution is -2.50. The lowest BCUT2D eigenvalue weighted by molar-refractivity contribution is -0.171. The van der Waals surface area contributed by atoms with Gasteiger partial charge in [-0.25, -0.2) is 4.79 Å². The molecule has 4 saturated carbocycles. The Morgan fingerprint density at radius 2 is 1.86 bits per heavy atom. The molecule has 0 aromatic carbocycles. The third kappa shape index (κ3) is 2.33. The average molecular weight is 303 g/mol. The van der Waals surface area contributed by atoms with Crippen molar-refractivity contribution in [1.29, 1.82) is 0 Å². The van der Waals surface area contributed by atoms with Crippen LogP contribution >= 0.6 is 11.3 Å². The summed E-state index contributed by atoms with van der Waals surface area (Å²) in [4.78, 5) is 19.1. The quantitative estimate of drug-likeness (QED) is 0.476. The lowest BCUT2D eigenvalue weighted by atomic mass is 9.49. The number of thiophene rings is 1. The molecule has 5 rings (SSSR count). The Hall–Kier alpha value is -1.16. The molecule has 4 fully saturated rings. The molecule has 4 aliphatic rings. The van der Waals surface area contributed by atoms with Gasteiger partial charge in [0.2, 0.25) is 0 Å². The smallest absolute Gasteiger partial charge is 0.317 e. The Balaban J connectivity index is 1.49. The predicted molar refractivity (Wildman–Crippen MR) is 83.2 cm³/mol. The fourth-order valence-electron chi connectivity index (χ4n) is 5.10. The van der Waals surface area contributed by atoms with Gasteiger partial charge in [-0.15, -0.1) is 11.3 Å². The van der Waals surface area contributed by atoms with E-state index in [1.165, 1.54) is 19.3 Å². The summed E-state index contributed by atoms with van der Waals surface area (Å²) in [7, 11) is 0. The molecule has 1 aromatic heterocycles. The first-order valence-electron chi connectivity index (χ1n) is 7.94. The molecule has 4 bridgehead atoms. The van der Waals surface area contributed by atoms with Crippen molar-refractivity contribution < 1.29 is 9.63 Å². The average Bonchev–Trinajstić information content (AvgIpc) is 2.97. The second-order valence-corrected chi connectivity index (χ2v) is 8.18. The highest BCUT2D eigenvalue weighted by molar-refractivity contribution is 7.12. The fourth-order valence-corrected chi connectivity index (χ4v) is 5.77. The van der Waals surface area contributed by atoms with Gasteiger partial charge in [0.25, 0.3) is 0 Å². The zero-order valence-corrected chi connectivity index (χ0v) is 13.2. The molecule has 4 aliphatic carbocycles. The van der Waals surface area contributed by atoms with Crippen molar-refractivity contribution in [3.63, 3.8) is 0 Å². The van der Waals surface area contributed by atoms with Gasteiger partial charge in [0.15, 0.2) is 0 Å². The van der Waals surface area contributed by atoms with Crippen molar-refractivity contribution in [3.05, 3.63) is 22.4 Å². The van der Waals surface area contributed by atoms with Crippen molar-refractivity contribution in [2.24, 2.45) is 28.3 Å². The minimum Gasteiger partial charge on any atom is -0.317 e. The molecule has 0 amide bonds. The van der Waals surface area contributed by atoms with Crippen LogP contribution in [0.1, 0.15) is 50.3 Å². The van der Waals surface area contributed by atoms with Crippen LogP contribution in [0.25, 0.3) is 0 Å². The van der Waals surface area contributed by atoms with E-state index in [2.05, 4.69) is 5.16 Å². The second-order valence-electron chi connectivity index (χ2n) is 7.23. The highest BCUT2D eigenvalue weighted by atomic mass is 32.1. The van der Waals surface area contributed by atoms with Crippen LogP contribution in [0, 0.1) is 23.2 Å². The summed E-state index contributed by atoms with van der Waals surface area (Å²) < 4.78 is 0. The molecule has 1 aromatic rings. The summed E-state index contributed by atoms with van der Waals surface area (Å²) in [5.74, 6) is 2.20. The first-order valence-corrected chi connectivity index (χ1v) is 8.82. The first kappa shape index (κ1) is 13.5. The molecule has 0 aliphatic heterocycles. The molecular formula is C17H21NO2S. The van der Waals surface area contributed by atoms with Gasteiger partial charge >= 0.3 is 5.97 Å². The Labute approximate surface area is 129 Å². The number of rotatable bonds is 3. The highest BCUT2D eigenvalue weighted by Gasteiger charge is 2.55. The molecule has 0 atom stereocenters. The van der Waals surface area contributed by atoms with E-state index in [1.807, 2.05) is 24.4 Å². The second kappa shape index (κ2) is 4.94. The van der Waals surface area contributed by atoms with E-state index < -0.39 is 0 Å². The third-order valence-corrected chi connectivity index (χ3v) is 6.59. The molecule has 0 spiro atoms. The number of carbonyl (C=O) groups is 1. The molecule has 3 nitrogen and oxygen atoms in total. The van der Waals surface area contributed by atoms with E-state index in [1.54, 1.807) is 11.3 Å². The third-order valence-electron chi connectivity index (χ3n) is 5.61. The van der Waals surface area contributed by atoms with E-state index in [4.69, 9.17) is 4.84 Å². The van der Waals surface area contributed by atoms with Gasteiger partial charge in [-0.2, -0.15) is 0 Å². The van der Waals surface area contributed by atoms with Crippen LogP contribution in [0.4, 0.5) is 0 Å². The highest BCUT2D eigenvalue weighted by Crippen LogP contribution is 2.60. The van der Waals surface area contributed by atoms with E-state index in [0.29, 0.717) is 0 Å². The normalized spacial score (nSPS) is 37.8. The van der Waals surface area contributed by atoms with Gasteiger partial charge in [0.1, 0.15) is 0 Å². The zero-order valence-electron chi connectivity index (χ0n) is 12.4. The first-order chi connectivity index (χ1) is 10.1. The molecule has 4 heteroatoms. The van der Waals surface area contributed by atoms with Gasteiger partial charge in [0.05, 0.1) is 16.0 Å². The topological polar surface area (TPSA) is 38.7 Å². The molecule has 0 radical (unpaired) electrons. The molecule has 0 unspecified atom stereocenters. The monoisotopic (exact) mass is 303 g/mol. The molecule has 0 saturated heterocycles. The largest absolute Gasteiger partial charge is 0.341 e. The summed E-state index contributed by atoms with van der Waals surface area (Å²) >= 11 is 1.62. The van der Waals surface area contributed by atoms with Crippen molar-refractivity contribution >= 4 is 23.0 Å². The van der Waals surface area contributed by atoms with Crippen LogP contribution in [0.3, 0.4) is 0 Å². The Kier molecular flexibility index (Phi) is 3.18. The summed E-state index contributed by atoms with van der Waals surface area (Å²) in [6.45, 7) is 1.90. The van der Waals surface area contributed by atoms with Crippen LogP contribution in [-0.2, 0) is 9.63 Å². The van der Waals surface area contributed by atoms with Crippen LogP contribution in [0.5, 0.6) is 0 Å². The Morgan fingerprint density at radius 1 is 1.24 bits per heavy atom. The van der Waals surface area contributed by atoms with E-state index >= 15 is 0 Å². The van der Waals surface area contributed by atoms with Crippen molar-refractivity contribution in [3.8, 4) is 0 Å². The van der Waals surface area contributed by atoms with Crippen LogP contribution < -0.4 is 0 Å². The number of nitrogens with zero attached hydrogens (tertiary/aromatic N) is 1. The number of hydrogen-bond acceptors (Lipinski definition) is 4. The molecule has 112 valence electrons. The van der Waals surface area contributed by atoms with Crippen LogP contribution in [0.15, 0.2) is 22.7 Å². The molecule has 0 N–H and O–H groups in total.